The molecule has 0 spiro atoms. The Bertz CT molecular complexity index is 387. The van der Waals surface area contributed by atoms with Gasteiger partial charge in [0.1, 0.15) is 12.4 Å². The van der Waals surface area contributed by atoms with Gasteiger partial charge in [-0.2, -0.15) is 0 Å². The Labute approximate surface area is 96.9 Å². The number of ether oxygens (including phenoxy) is 1. The first kappa shape index (κ1) is 12.5. The number of Topliss-reactive ketones (excluding diaryl/α,β-unsaturated/α-hetero) is 1. The van der Waals surface area contributed by atoms with Crippen molar-refractivity contribution < 1.29 is 9.53 Å². The van der Waals surface area contributed by atoms with Gasteiger partial charge in [-0.25, -0.2) is 0 Å². The molecule has 0 heterocycles. The molecule has 0 aliphatic heterocycles. The van der Waals surface area contributed by atoms with Gasteiger partial charge in [-0.1, -0.05) is 24.6 Å². The molecule has 1 rings (SSSR count). The van der Waals surface area contributed by atoms with Crippen molar-refractivity contribution in [1.29, 1.82) is 0 Å². The van der Waals surface area contributed by atoms with E-state index in [1.807, 2.05) is 51.1 Å². The van der Waals surface area contributed by atoms with E-state index in [4.69, 9.17) is 4.74 Å². The topological polar surface area (TPSA) is 26.3 Å². The molecule has 0 aromatic heterocycles. The van der Waals surface area contributed by atoms with Gasteiger partial charge in [-0.05, 0) is 32.1 Å². The third-order valence-electron chi connectivity index (χ3n) is 2.24. The van der Waals surface area contributed by atoms with Crippen LogP contribution in [0.3, 0.4) is 0 Å². The van der Waals surface area contributed by atoms with Crippen molar-refractivity contribution in [3.63, 3.8) is 0 Å². The van der Waals surface area contributed by atoms with Crippen LogP contribution >= 0.6 is 0 Å². The lowest BCUT2D eigenvalue weighted by Gasteiger charge is -2.08. The molecular weight excluding hydrogens is 200 g/mol. The van der Waals surface area contributed by atoms with Crippen LogP contribution in [-0.2, 0) is 0 Å². The number of carbonyl (C=O) groups is 1. The first-order valence-electron chi connectivity index (χ1n) is 5.53. The molecule has 0 amide bonds. The number of allylic oxidation sites excluding steroid dienone is 1. The van der Waals surface area contributed by atoms with Crippen LogP contribution in [0.2, 0.25) is 0 Å². The third kappa shape index (κ3) is 3.54. The summed E-state index contributed by atoms with van der Waals surface area (Å²) in [5.74, 6) is 0.791. The Balaban J connectivity index is 2.79. The van der Waals surface area contributed by atoms with Crippen LogP contribution in [0, 0.1) is 0 Å². The number of hydrogen-bond donors (Lipinski definition) is 0. The van der Waals surface area contributed by atoms with Gasteiger partial charge in [0.05, 0.1) is 5.56 Å². The largest absolute Gasteiger partial charge is 0.489 e. The molecule has 0 unspecified atom stereocenters. The lowest BCUT2D eigenvalue weighted by molar-refractivity contribution is 0.0984. The van der Waals surface area contributed by atoms with E-state index in [9.17, 15) is 4.79 Å². The lowest BCUT2D eigenvalue weighted by Crippen LogP contribution is -2.03. The lowest BCUT2D eigenvalue weighted by atomic mass is 10.1. The van der Waals surface area contributed by atoms with Gasteiger partial charge in [-0.15, -0.1) is 0 Å². The number of carbonyl (C=O) groups excluding carboxylic acids is 1. The van der Waals surface area contributed by atoms with Gasteiger partial charge < -0.3 is 4.74 Å². The van der Waals surface area contributed by atoms with E-state index in [-0.39, 0.29) is 5.78 Å². The number of rotatable bonds is 5. The average Bonchev–Trinajstić information content (AvgIpc) is 2.28. The summed E-state index contributed by atoms with van der Waals surface area (Å²) in [6, 6.07) is 7.38. The Morgan fingerprint density at radius 3 is 2.62 bits per heavy atom. The second-order valence-corrected chi connectivity index (χ2v) is 3.87. The Hall–Kier alpha value is -1.57. The van der Waals surface area contributed by atoms with Crippen LogP contribution in [0.5, 0.6) is 5.75 Å². The minimum Gasteiger partial charge on any atom is -0.489 e. The maximum atomic E-state index is 11.6. The maximum Gasteiger partial charge on any atom is 0.166 e. The Morgan fingerprint density at radius 2 is 2.00 bits per heavy atom. The fourth-order valence-corrected chi connectivity index (χ4v) is 1.31. The first-order chi connectivity index (χ1) is 7.65. The second kappa shape index (κ2) is 6.11. The highest BCUT2D eigenvalue weighted by molar-refractivity contribution is 5.98. The van der Waals surface area contributed by atoms with Crippen molar-refractivity contribution in [2.75, 3.05) is 6.61 Å². The summed E-state index contributed by atoms with van der Waals surface area (Å²) in [5.41, 5.74) is 1.88. The summed E-state index contributed by atoms with van der Waals surface area (Å²) >= 11 is 0. The fourth-order valence-electron chi connectivity index (χ4n) is 1.31. The molecule has 2 heteroatoms. The van der Waals surface area contributed by atoms with Crippen molar-refractivity contribution in [2.24, 2.45) is 0 Å². The van der Waals surface area contributed by atoms with E-state index in [1.54, 1.807) is 0 Å². The van der Waals surface area contributed by atoms with E-state index < -0.39 is 0 Å². The molecule has 2 nitrogen and oxygen atoms in total. The minimum absolute atomic E-state index is 0.118. The molecule has 0 saturated heterocycles. The maximum absolute atomic E-state index is 11.6. The minimum atomic E-state index is 0.118. The van der Waals surface area contributed by atoms with E-state index >= 15 is 0 Å². The van der Waals surface area contributed by atoms with Gasteiger partial charge in [0.2, 0.25) is 0 Å². The zero-order valence-corrected chi connectivity index (χ0v) is 10.1. The van der Waals surface area contributed by atoms with Gasteiger partial charge in [0.25, 0.3) is 0 Å². The van der Waals surface area contributed by atoms with Crippen LogP contribution in [0.25, 0.3) is 0 Å². The van der Waals surface area contributed by atoms with Gasteiger partial charge in [0, 0.05) is 6.42 Å². The summed E-state index contributed by atoms with van der Waals surface area (Å²) < 4.78 is 5.57. The van der Waals surface area contributed by atoms with Crippen LogP contribution in [0.1, 0.15) is 37.6 Å². The van der Waals surface area contributed by atoms with E-state index in [2.05, 4.69) is 0 Å². The Kier molecular flexibility index (Phi) is 4.77. The first-order valence-corrected chi connectivity index (χ1v) is 5.53. The smallest absolute Gasteiger partial charge is 0.166 e. The number of benzene rings is 1. The van der Waals surface area contributed by atoms with Crippen molar-refractivity contribution >= 4 is 5.78 Å². The van der Waals surface area contributed by atoms with Crippen molar-refractivity contribution in [1.82, 2.24) is 0 Å². The predicted molar refractivity (Wildman–Crippen MR) is 66.0 cm³/mol. The highest BCUT2D eigenvalue weighted by Gasteiger charge is 2.08. The normalized spacial score (nSPS) is 9.69. The summed E-state index contributed by atoms with van der Waals surface area (Å²) in [7, 11) is 0. The van der Waals surface area contributed by atoms with Gasteiger partial charge >= 0.3 is 0 Å². The number of hydrogen-bond acceptors (Lipinski definition) is 2. The number of ketones is 1. The van der Waals surface area contributed by atoms with Crippen LogP contribution in [-0.4, -0.2) is 12.4 Å². The molecule has 1 aromatic carbocycles. The summed E-state index contributed by atoms with van der Waals surface area (Å²) in [4.78, 5) is 11.6. The van der Waals surface area contributed by atoms with E-state index in [0.717, 1.165) is 0 Å². The third-order valence-corrected chi connectivity index (χ3v) is 2.24. The van der Waals surface area contributed by atoms with Gasteiger partial charge in [0.15, 0.2) is 5.78 Å². The zero-order valence-electron chi connectivity index (χ0n) is 10.1. The molecule has 0 aliphatic rings. The van der Waals surface area contributed by atoms with Crippen LogP contribution < -0.4 is 4.74 Å². The summed E-state index contributed by atoms with van der Waals surface area (Å²) in [6.07, 6.45) is 2.50. The molecule has 1 aromatic rings. The van der Waals surface area contributed by atoms with Crippen molar-refractivity contribution in [3.05, 3.63) is 41.5 Å². The monoisotopic (exact) mass is 218 g/mol. The molecule has 0 atom stereocenters. The van der Waals surface area contributed by atoms with E-state index in [1.165, 1.54) is 5.57 Å². The fraction of sp³-hybridized carbons (Fsp3) is 0.357. The SMILES string of the molecule is CCC(=O)c1ccccc1OCC=C(C)C. The molecule has 86 valence electrons. The summed E-state index contributed by atoms with van der Waals surface area (Å²) in [5, 5.41) is 0. The molecular formula is C14H18O2. The Morgan fingerprint density at radius 1 is 1.31 bits per heavy atom. The highest BCUT2D eigenvalue weighted by Crippen LogP contribution is 2.19. The molecule has 0 N–H and O–H groups in total. The van der Waals surface area contributed by atoms with Crippen molar-refractivity contribution in [2.45, 2.75) is 27.2 Å². The van der Waals surface area contributed by atoms with Gasteiger partial charge in [-0.3, -0.25) is 4.79 Å². The molecule has 0 fully saturated rings. The molecule has 0 radical (unpaired) electrons. The standard InChI is InChI=1S/C14H18O2/c1-4-13(15)12-7-5-6-8-14(12)16-10-9-11(2)3/h5-9H,4,10H2,1-3H3. The molecule has 16 heavy (non-hydrogen) atoms. The van der Waals surface area contributed by atoms with E-state index in [0.29, 0.717) is 24.3 Å². The molecule has 0 aliphatic carbocycles. The quantitative estimate of drug-likeness (QED) is 0.557. The predicted octanol–water partition coefficient (Wildman–Crippen LogP) is 3.62. The zero-order chi connectivity index (χ0) is 12.0. The average molecular weight is 218 g/mol. The number of para-hydroxylation sites is 1. The molecule has 0 bridgehead atoms. The molecule has 0 saturated carbocycles. The van der Waals surface area contributed by atoms with Crippen LogP contribution in [0.15, 0.2) is 35.9 Å². The summed E-state index contributed by atoms with van der Waals surface area (Å²) in [6.45, 7) is 6.41. The second-order valence-electron chi connectivity index (χ2n) is 3.87. The van der Waals surface area contributed by atoms with Crippen molar-refractivity contribution in [3.8, 4) is 5.75 Å². The van der Waals surface area contributed by atoms with Crippen LogP contribution in [0.4, 0.5) is 0 Å². The highest BCUT2D eigenvalue weighted by atomic mass is 16.5.